The number of nitrogens with zero attached hydrogens (tertiary/aromatic N) is 2. The Bertz CT molecular complexity index is 815. The van der Waals surface area contributed by atoms with Crippen molar-refractivity contribution in [1.29, 1.82) is 0 Å². The summed E-state index contributed by atoms with van der Waals surface area (Å²) in [5, 5.41) is 4.38. The van der Waals surface area contributed by atoms with Crippen molar-refractivity contribution in [3.63, 3.8) is 0 Å². The highest BCUT2D eigenvalue weighted by molar-refractivity contribution is 5.88. The highest BCUT2D eigenvalue weighted by Crippen LogP contribution is 2.28. The number of hydrogen-bond acceptors (Lipinski definition) is 5. The molecule has 5 heteroatoms. The fourth-order valence-electron chi connectivity index (χ4n) is 2.48. The molecule has 3 rings (SSSR count). The third kappa shape index (κ3) is 3.56. The van der Waals surface area contributed by atoms with E-state index in [1.165, 1.54) is 0 Å². The van der Waals surface area contributed by atoms with Gasteiger partial charge in [-0.25, -0.2) is 9.97 Å². The Labute approximate surface area is 141 Å². The van der Waals surface area contributed by atoms with Gasteiger partial charge in [-0.2, -0.15) is 0 Å². The van der Waals surface area contributed by atoms with Gasteiger partial charge in [0, 0.05) is 11.9 Å². The number of ether oxygens (including phenoxy) is 2. The average Bonchev–Trinajstić information content (AvgIpc) is 2.64. The van der Waals surface area contributed by atoms with Crippen LogP contribution in [0.25, 0.3) is 10.9 Å². The van der Waals surface area contributed by atoms with E-state index in [-0.39, 0.29) is 0 Å². The Kier molecular flexibility index (Phi) is 5.11. The lowest BCUT2D eigenvalue weighted by molar-refractivity contribution is 0.294. The molecule has 0 atom stereocenters. The minimum absolute atomic E-state index is 0.644. The van der Waals surface area contributed by atoms with E-state index in [4.69, 9.17) is 9.47 Å². The predicted molar refractivity (Wildman–Crippen MR) is 95.6 cm³/mol. The maximum Gasteiger partial charge on any atom is 0.161 e. The Hall–Kier alpha value is -2.82. The Balaban J connectivity index is 1.76. The predicted octanol–water partition coefficient (Wildman–Crippen LogP) is 4.04. The molecular weight excluding hydrogens is 302 g/mol. The standard InChI is InChI=1S/C19H21N3O2/c1-3-10-24-17-9-8-14(11-18(17)23-2)12-20-19-15-6-4-5-7-16(15)21-13-22-19/h4-9,11,13H,3,10,12H2,1-2H3,(H,20,21,22). The molecule has 0 spiro atoms. The molecular formula is C19H21N3O2. The summed E-state index contributed by atoms with van der Waals surface area (Å²) in [6, 6.07) is 13.9. The number of nitrogens with one attached hydrogen (secondary N) is 1. The molecule has 1 N–H and O–H groups in total. The minimum atomic E-state index is 0.644. The second-order valence-electron chi connectivity index (χ2n) is 5.43. The molecule has 2 aromatic carbocycles. The van der Waals surface area contributed by atoms with Crippen LogP contribution >= 0.6 is 0 Å². The molecule has 0 unspecified atom stereocenters. The molecule has 0 saturated heterocycles. The van der Waals surface area contributed by atoms with Crippen LogP contribution in [0, 0.1) is 0 Å². The van der Waals surface area contributed by atoms with E-state index in [0.717, 1.165) is 40.2 Å². The molecule has 0 aliphatic heterocycles. The van der Waals surface area contributed by atoms with E-state index in [1.54, 1.807) is 13.4 Å². The summed E-state index contributed by atoms with van der Waals surface area (Å²) in [4.78, 5) is 8.62. The third-order valence-electron chi connectivity index (χ3n) is 3.69. The molecule has 1 heterocycles. The zero-order valence-electron chi connectivity index (χ0n) is 14.0. The van der Waals surface area contributed by atoms with Crippen molar-refractivity contribution >= 4 is 16.7 Å². The van der Waals surface area contributed by atoms with Crippen molar-refractivity contribution in [2.45, 2.75) is 19.9 Å². The molecule has 0 fully saturated rings. The summed E-state index contributed by atoms with van der Waals surface area (Å²) in [7, 11) is 1.66. The van der Waals surface area contributed by atoms with E-state index in [9.17, 15) is 0 Å². The number of para-hydroxylation sites is 1. The first-order chi connectivity index (χ1) is 11.8. The van der Waals surface area contributed by atoms with Gasteiger partial charge in [-0.05, 0) is 36.2 Å². The van der Waals surface area contributed by atoms with Crippen LogP contribution in [0.2, 0.25) is 0 Å². The lowest BCUT2D eigenvalue weighted by Gasteiger charge is -2.13. The fourth-order valence-corrected chi connectivity index (χ4v) is 2.48. The normalized spacial score (nSPS) is 10.6. The fraction of sp³-hybridized carbons (Fsp3) is 0.263. The third-order valence-corrected chi connectivity index (χ3v) is 3.69. The van der Waals surface area contributed by atoms with Crippen LogP contribution in [-0.2, 0) is 6.54 Å². The van der Waals surface area contributed by atoms with E-state index in [0.29, 0.717) is 13.2 Å². The van der Waals surface area contributed by atoms with Crippen LogP contribution in [0.4, 0.5) is 5.82 Å². The van der Waals surface area contributed by atoms with Gasteiger partial charge in [0.2, 0.25) is 0 Å². The number of benzene rings is 2. The molecule has 124 valence electrons. The first-order valence-corrected chi connectivity index (χ1v) is 8.05. The lowest BCUT2D eigenvalue weighted by atomic mass is 10.2. The smallest absolute Gasteiger partial charge is 0.161 e. The van der Waals surface area contributed by atoms with E-state index in [1.807, 2.05) is 42.5 Å². The molecule has 0 saturated carbocycles. The van der Waals surface area contributed by atoms with Crippen LogP contribution in [0.1, 0.15) is 18.9 Å². The van der Waals surface area contributed by atoms with E-state index in [2.05, 4.69) is 22.2 Å². The highest BCUT2D eigenvalue weighted by Gasteiger charge is 2.07. The Morgan fingerprint density at radius 1 is 1.04 bits per heavy atom. The minimum Gasteiger partial charge on any atom is -0.493 e. The average molecular weight is 323 g/mol. The SMILES string of the molecule is CCCOc1ccc(CNc2ncnc3ccccc23)cc1OC. The van der Waals surface area contributed by atoms with Gasteiger partial charge in [0.1, 0.15) is 12.1 Å². The largest absolute Gasteiger partial charge is 0.493 e. The van der Waals surface area contributed by atoms with Crippen LogP contribution in [-0.4, -0.2) is 23.7 Å². The molecule has 0 bridgehead atoms. The number of methoxy groups -OCH3 is 1. The van der Waals surface area contributed by atoms with Crippen molar-refractivity contribution in [2.75, 3.05) is 19.0 Å². The molecule has 3 aromatic rings. The van der Waals surface area contributed by atoms with Gasteiger partial charge >= 0.3 is 0 Å². The van der Waals surface area contributed by atoms with Crippen molar-refractivity contribution in [1.82, 2.24) is 9.97 Å². The molecule has 5 nitrogen and oxygen atoms in total. The first kappa shape index (κ1) is 16.1. The Morgan fingerprint density at radius 2 is 1.92 bits per heavy atom. The quantitative estimate of drug-likeness (QED) is 0.711. The second-order valence-corrected chi connectivity index (χ2v) is 5.43. The van der Waals surface area contributed by atoms with Crippen LogP contribution in [0.5, 0.6) is 11.5 Å². The van der Waals surface area contributed by atoms with Crippen LogP contribution in [0.3, 0.4) is 0 Å². The van der Waals surface area contributed by atoms with Gasteiger partial charge in [-0.15, -0.1) is 0 Å². The summed E-state index contributed by atoms with van der Waals surface area (Å²) >= 11 is 0. The molecule has 0 aliphatic carbocycles. The molecule has 0 aliphatic rings. The number of rotatable bonds is 7. The summed E-state index contributed by atoms with van der Waals surface area (Å²) in [5.74, 6) is 2.34. The highest BCUT2D eigenvalue weighted by atomic mass is 16.5. The summed E-state index contributed by atoms with van der Waals surface area (Å²) < 4.78 is 11.1. The van der Waals surface area contributed by atoms with Gasteiger partial charge in [0.15, 0.2) is 11.5 Å². The topological polar surface area (TPSA) is 56.3 Å². The molecule has 1 aromatic heterocycles. The second kappa shape index (κ2) is 7.64. The zero-order valence-corrected chi connectivity index (χ0v) is 14.0. The Morgan fingerprint density at radius 3 is 2.75 bits per heavy atom. The first-order valence-electron chi connectivity index (χ1n) is 8.05. The number of anilines is 1. The molecule has 24 heavy (non-hydrogen) atoms. The number of aromatic nitrogens is 2. The maximum atomic E-state index is 5.69. The zero-order chi connectivity index (χ0) is 16.8. The van der Waals surface area contributed by atoms with Gasteiger partial charge in [0.05, 0.1) is 19.2 Å². The summed E-state index contributed by atoms with van der Waals surface area (Å²) in [6.07, 6.45) is 2.54. The molecule has 0 amide bonds. The lowest BCUT2D eigenvalue weighted by Crippen LogP contribution is -2.04. The van der Waals surface area contributed by atoms with Crippen molar-refractivity contribution < 1.29 is 9.47 Å². The number of fused-ring (bicyclic) bond motifs is 1. The van der Waals surface area contributed by atoms with Crippen molar-refractivity contribution in [3.8, 4) is 11.5 Å². The molecule has 0 radical (unpaired) electrons. The van der Waals surface area contributed by atoms with Crippen molar-refractivity contribution in [3.05, 3.63) is 54.4 Å². The monoisotopic (exact) mass is 323 g/mol. The summed E-state index contributed by atoms with van der Waals surface area (Å²) in [5.41, 5.74) is 2.02. The van der Waals surface area contributed by atoms with Crippen LogP contribution < -0.4 is 14.8 Å². The van der Waals surface area contributed by atoms with Gasteiger partial charge < -0.3 is 14.8 Å². The number of hydrogen-bond donors (Lipinski definition) is 1. The van der Waals surface area contributed by atoms with Crippen LogP contribution in [0.15, 0.2) is 48.8 Å². The van der Waals surface area contributed by atoms with Crippen molar-refractivity contribution in [2.24, 2.45) is 0 Å². The van der Waals surface area contributed by atoms with Gasteiger partial charge in [-0.1, -0.05) is 25.1 Å². The van der Waals surface area contributed by atoms with Gasteiger partial charge in [-0.3, -0.25) is 0 Å². The maximum absolute atomic E-state index is 5.69. The van der Waals surface area contributed by atoms with E-state index >= 15 is 0 Å². The van der Waals surface area contributed by atoms with Gasteiger partial charge in [0.25, 0.3) is 0 Å². The van der Waals surface area contributed by atoms with E-state index < -0.39 is 0 Å². The summed E-state index contributed by atoms with van der Waals surface area (Å²) in [6.45, 7) is 3.41.